The lowest BCUT2D eigenvalue weighted by Gasteiger charge is -2.35. The van der Waals surface area contributed by atoms with Gasteiger partial charge in [0.05, 0.1) is 4.88 Å². The molecule has 0 saturated carbocycles. The second kappa shape index (κ2) is 9.62. The Labute approximate surface area is 182 Å². The van der Waals surface area contributed by atoms with E-state index in [1.807, 2.05) is 28.5 Å². The standard InChI is InChI=1S/C23H30N4O2S/c1-25-12-14-26(15-13-25)20-6-3-2-5-19(20)17-24-22(28)18-8-10-27(11-9-18)23(29)21-7-4-16-30-21/h2-7,16,18H,8-15,17H2,1H3,(H,24,28). The van der Waals surface area contributed by atoms with Gasteiger partial charge >= 0.3 is 0 Å². The van der Waals surface area contributed by atoms with Gasteiger partial charge in [-0.1, -0.05) is 24.3 Å². The van der Waals surface area contributed by atoms with E-state index in [4.69, 9.17) is 0 Å². The number of hydrogen-bond donors (Lipinski definition) is 1. The Morgan fingerprint density at radius 1 is 1.00 bits per heavy atom. The highest BCUT2D eigenvalue weighted by Crippen LogP contribution is 2.23. The van der Waals surface area contributed by atoms with Crippen molar-refractivity contribution in [3.63, 3.8) is 0 Å². The van der Waals surface area contributed by atoms with Crippen molar-refractivity contribution in [2.24, 2.45) is 5.92 Å². The van der Waals surface area contributed by atoms with Gasteiger partial charge in [0.2, 0.25) is 5.91 Å². The second-order valence-corrected chi connectivity index (χ2v) is 9.13. The number of piperidine rings is 1. The van der Waals surface area contributed by atoms with Gasteiger partial charge < -0.3 is 20.0 Å². The summed E-state index contributed by atoms with van der Waals surface area (Å²) in [5.74, 6) is 0.171. The van der Waals surface area contributed by atoms with Crippen LogP contribution in [-0.2, 0) is 11.3 Å². The van der Waals surface area contributed by atoms with Crippen molar-refractivity contribution in [2.45, 2.75) is 19.4 Å². The summed E-state index contributed by atoms with van der Waals surface area (Å²) in [6.07, 6.45) is 1.45. The third-order valence-corrected chi connectivity index (χ3v) is 7.03. The zero-order valence-electron chi connectivity index (χ0n) is 17.5. The highest BCUT2D eigenvalue weighted by atomic mass is 32.1. The van der Waals surface area contributed by atoms with Gasteiger partial charge in [0.25, 0.3) is 5.91 Å². The van der Waals surface area contributed by atoms with E-state index in [0.29, 0.717) is 19.6 Å². The molecular weight excluding hydrogens is 396 g/mol. The highest BCUT2D eigenvalue weighted by molar-refractivity contribution is 7.12. The first-order valence-corrected chi connectivity index (χ1v) is 11.6. The van der Waals surface area contributed by atoms with Gasteiger partial charge in [-0.15, -0.1) is 11.3 Å². The molecule has 0 spiro atoms. The second-order valence-electron chi connectivity index (χ2n) is 8.18. The van der Waals surface area contributed by atoms with Crippen LogP contribution in [0, 0.1) is 5.92 Å². The van der Waals surface area contributed by atoms with Crippen molar-refractivity contribution in [3.8, 4) is 0 Å². The molecule has 4 rings (SSSR count). The molecule has 30 heavy (non-hydrogen) atoms. The van der Waals surface area contributed by atoms with Crippen molar-refractivity contribution in [2.75, 3.05) is 51.2 Å². The number of nitrogens with zero attached hydrogens (tertiary/aromatic N) is 3. The quantitative estimate of drug-likeness (QED) is 0.799. The van der Waals surface area contributed by atoms with Crippen LogP contribution in [0.1, 0.15) is 28.1 Å². The van der Waals surface area contributed by atoms with Crippen LogP contribution >= 0.6 is 11.3 Å². The van der Waals surface area contributed by atoms with Crippen LogP contribution in [-0.4, -0.2) is 67.9 Å². The van der Waals surface area contributed by atoms with Gasteiger partial charge in [-0.05, 0) is 43.0 Å². The molecule has 2 aliphatic heterocycles. The molecule has 3 heterocycles. The number of thiophene rings is 1. The van der Waals surface area contributed by atoms with Crippen LogP contribution in [0.4, 0.5) is 5.69 Å². The van der Waals surface area contributed by atoms with Crippen LogP contribution in [0.5, 0.6) is 0 Å². The molecule has 0 aliphatic carbocycles. The summed E-state index contributed by atoms with van der Waals surface area (Å²) in [7, 11) is 2.16. The molecule has 2 aliphatic rings. The normalized spacial score (nSPS) is 18.4. The molecule has 1 aromatic carbocycles. The Kier molecular flexibility index (Phi) is 6.69. The number of amides is 2. The third kappa shape index (κ3) is 4.84. The maximum absolute atomic E-state index is 12.8. The SMILES string of the molecule is CN1CCN(c2ccccc2CNC(=O)C2CCN(C(=O)c3cccs3)CC2)CC1. The van der Waals surface area contributed by atoms with Crippen LogP contribution in [0.25, 0.3) is 0 Å². The van der Waals surface area contributed by atoms with E-state index in [1.165, 1.54) is 22.6 Å². The zero-order valence-corrected chi connectivity index (χ0v) is 18.4. The van der Waals surface area contributed by atoms with E-state index in [-0.39, 0.29) is 17.7 Å². The van der Waals surface area contributed by atoms with Gasteiger partial charge in [0.1, 0.15) is 0 Å². The molecule has 0 unspecified atom stereocenters. The Morgan fingerprint density at radius 2 is 1.73 bits per heavy atom. The summed E-state index contributed by atoms with van der Waals surface area (Å²) < 4.78 is 0. The number of carbonyl (C=O) groups excluding carboxylic acids is 2. The van der Waals surface area contributed by atoms with Crippen molar-refractivity contribution >= 4 is 28.8 Å². The summed E-state index contributed by atoms with van der Waals surface area (Å²) in [6.45, 7) is 5.98. The molecule has 0 radical (unpaired) electrons. The summed E-state index contributed by atoms with van der Waals surface area (Å²) >= 11 is 1.47. The Hall–Kier alpha value is -2.38. The lowest BCUT2D eigenvalue weighted by molar-refractivity contribution is -0.126. The van der Waals surface area contributed by atoms with Gasteiger partial charge in [-0.2, -0.15) is 0 Å². The van der Waals surface area contributed by atoms with E-state index in [2.05, 4.69) is 40.4 Å². The van der Waals surface area contributed by atoms with E-state index in [9.17, 15) is 9.59 Å². The fourth-order valence-electron chi connectivity index (χ4n) is 4.24. The predicted octanol–water partition coefficient (Wildman–Crippen LogP) is 2.67. The maximum Gasteiger partial charge on any atom is 0.263 e. The van der Waals surface area contributed by atoms with Crippen LogP contribution in [0.3, 0.4) is 0 Å². The average Bonchev–Trinajstić information content (AvgIpc) is 3.33. The van der Waals surface area contributed by atoms with Gasteiger partial charge in [-0.3, -0.25) is 9.59 Å². The number of hydrogen-bond acceptors (Lipinski definition) is 5. The number of likely N-dealkylation sites (tertiary alicyclic amines) is 1. The molecule has 6 nitrogen and oxygen atoms in total. The van der Waals surface area contributed by atoms with Gasteiger partial charge in [0.15, 0.2) is 0 Å². The van der Waals surface area contributed by atoms with E-state index in [0.717, 1.165) is 43.9 Å². The van der Waals surface area contributed by atoms with Crippen molar-refractivity contribution in [3.05, 3.63) is 52.2 Å². The molecular formula is C23H30N4O2S. The zero-order chi connectivity index (χ0) is 20.9. The summed E-state index contributed by atoms with van der Waals surface area (Å²) in [4.78, 5) is 32.7. The molecule has 1 N–H and O–H groups in total. The topological polar surface area (TPSA) is 55.9 Å². The minimum Gasteiger partial charge on any atom is -0.369 e. The van der Waals surface area contributed by atoms with Crippen molar-refractivity contribution in [1.29, 1.82) is 0 Å². The summed E-state index contributed by atoms with van der Waals surface area (Å²) in [5.41, 5.74) is 2.39. The number of piperazine rings is 1. The Balaban J connectivity index is 1.29. The fraction of sp³-hybridized carbons (Fsp3) is 0.478. The third-order valence-electron chi connectivity index (χ3n) is 6.17. The summed E-state index contributed by atoms with van der Waals surface area (Å²) in [5, 5.41) is 5.08. The highest BCUT2D eigenvalue weighted by Gasteiger charge is 2.28. The number of likely N-dealkylation sites (N-methyl/N-ethyl adjacent to an activating group) is 1. The van der Waals surface area contributed by atoms with Gasteiger partial charge in [-0.25, -0.2) is 0 Å². The molecule has 1 aromatic heterocycles. The van der Waals surface area contributed by atoms with Crippen molar-refractivity contribution in [1.82, 2.24) is 15.1 Å². The van der Waals surface area contributed by atoms with Gasteiger partial charge in [0, 0.05) is 57.4 Å². The first kappa shape index (κ1) is 20.9. The van der Waals surface area contributed by atoms with Crippen molar-refractivity contribution < 1.29 is 9.59 Å². The minimum atomic E-state index is -0.0202. The minimum absolute atomic E-state index is 0.0202. The predicted molar refractivity (Wildman–Crippen MR) is 121 cm³/mol. The largest absolute Gasteiger partial charge is 0.369 e. The molecule has 0 bridgehead atoms. The number of rotatable bonds is 5. The Bertz CT molecular complexity index is 854. The van der Waals surface area contributed by atoms with E-state index >= 15 is 0 Å². The molecule has 2 amide bonds. The smallest absolute Gasteiger partial charge is 0.263 e. The number of nitrogens with one attached hydrogen (secondary N) is 1. The fourth-order valence-corrected chi connectivity index (χ4v) is 4.93. The number of benzene rings is 1. The Morgan fingerprint density at radius 3 is 2.43 bits per heavy atom. The summed E-state index contributed by atoms with van der Waals surface area (Å²) in [6, 6.07) is 12.1. The average molecular weight is 427 g/mol. The molecule has 2 fully saturated rings. The lowest BCUT2D eigenvalue weighted by Crippen LogP contribution is -2.45. The van der Waals surface area contributed by atoms with Crippen LogP contribution < -0.4 is 10.2 Å². The van der Waals surface area contributed by atoms with Crippen LogP contribution in [0.2, 0.25) is 0 Å². The number of para-hydroxylation sites is 1. The molecule has 160 valence electrons. The van der Waals surface area contributed by atoms with E-state index in [1.54, 1.807) is 0 Å². The van der Waals surface area contributed by atoms with E-state index < -0.39 is 0 Å². The first-order valence-electron chi connectivity index (χ1n) is 10.7. The number of carbonyl (C=O) groups is 2. The van der Waals surface area contributed by atoms with Crippen LogP contribution in [0.15, 0.2) is 41.8 Å². The lowest BCUT2D eigenvalue weighted by atomic mass is 9.95. The maximum atomic E-state index is 12.8. The molecule has 2 aromatic rings. The molecule has 7 heteroatoms. The monoisotopic (exact) mass is 426 g/mol. The molecule has 0 atom stereocenters. The number of anilines is 1. The molecule has 2 saturated heterocycles. The first-order chi connectivity index (χ1) is 14.6.